The van der Waals surface area contributed by atoms with Gasteiger partial charge in [-0.15, -0.1) is 17.0 Å². The van der Waals surface area contributed by atoms with Crippen LogP contribution in [0.15, 0.2) is 36.7 Å². The average molecular weight is 512 g/mol. The summed E-state index contributed by atoms with van der Waals surface area (Å²) in [7, 11) is 3.16. The van der Waals surface area contributed by atoms with Gasteiger partial charge in [-0.3, -0.25) is 0 Å². The molecule has 2 N–H and O–H groups in total. The Labute approximate surface area is 195 Å². The zero-order chi connectivity index (χ0) is 21.3. The van der Waals surface area contributed by atoms with Crippen LogP contribution >= 0.6 is 28.6 Å². The number of nitrogens with zero attached hydrogens (tertiary/aromatic N) is 3. The van der Waals surface area contributed by atoms with E-state index >= 15 is 0 Å². The molecule has 1 fully saturated rings. The van der Waals surface area contributed by atoms with E-state index in [4.69, 9.17) is 31.2 Å². The fourth-order valence-electron chi connectivity index (χ4n) is 3.82. The van der Waals surface area contributed by atoms with Gasteiger partial charge in [-0.1, -0.05) is 11.6 Å². The fourth-order valence-corrected chi connectivity index (χ4v) is 4.06. The largest absolute Gasteiger partial charge is 0.496 e. The highest BCUT2D eigenvalue weighted by Gasteiger charge is 2.23. The van der Waals surface area contributed by atoms with Gasteiger partial charge in [-0.25, -0.2) is 9.78 Å². The zero-order valence-electron chi connectivity index (χ0n) is 17.2. The van der Waals surface area contributed by atoms with Gasteiger partial charge >= 0.3 is 6.09 Å². The maximum atomic E-state index is 10.7. The molecule has 31 heavy (non-hydrogen) atoms. The molecule has 8 nitrogen and oxygen atoms in total. The minimum absolute atomic E-state index is 0. The normalized spacial score (nSPS) is 15.6. The van der Waals surface area contributed by atoms with E-state index in [-0.39, 0.29) is 17.0 Å². The maximum Gasteiger partial charge on any atom is 0.404 e. The van der Waals surface area contributed by atoms with Crippen molar-refractivity contribution in [3.05, 3.63) is 41.7 Å². The van der Waals surface area contributed by atoms with Crippen LogP contribution in [0.3, 0.4) is 0 Å². The van der Waals surface area contributed by atoms with Gasteiger partial charge in [0.05, 0.1) is 24.9 Å². The summed E-state index contributed by atoms with van der Waals surface area (Å²) in [4.78, 5) is 17.7. The Morgan fingerprint density at radius 2 is 2.06 bits per heavy atom. The molecule has 0 saturated carbocycles. The molecule has 1 unspecified atom stereocenters. The van der Waals surface area contributed by atoms with Gasteiger partial charge in [0.1, 0.15) is 17.1 Å². The Kier molecular flexibility index (Phi) is 7.17. The highest BCUT2D eigenvalue weighted by Crippen LogP contribution is 2.38. The van der Waals surface area contributed by atoms with Crippen LogP contribution in [0.1, 0.15) is 6.42 Å². The van der Waals surface area contributed by atoms with Gasteiger partial charge in [0, 0.05) is 55.4 Å². The maximum absolute atomic E-state index is 10.7. The van der Waals surface area contributed by atoms with Crippen LogP contribution in [0.25, 0.3) is 16.9 Å². The lowest BCUT2D eigenvalue weighted by atomic mass is 10.1. The highest BCUT2D eigenvalue weighted by atomic mass is 79.9. The number of fused-ring (bicyclic) bond motifs is 1. The number of imidazole rings is 1. The SMILES string of the molecule is Br.COc1cc(OC)c(-c2cn3ccc(N4CCC(CNC(=O)O)C4)cc3n2)cc1Cl. The molecule has 2 aromatic heterocycles. The number of hydrogen-bond donors (Lipinski definition) is 2. The van der Waals surface area contributed by atoms with E-state index in [0.717, 1.165) is 42.1 Å². The number of halogens is 2. The number of benzene rings is 1. The summed E-state index contributed by atoms with van der Waals surface area (Å²) >= 11 is 6.31. The summed E-state index contributed by atoms with van der Waals surface area (Å²) in [5.74, 6) is 1.48. The van der Waals surface area contributed by atoms with Gasteiger partial charge in [0.25, 0.3) is 0 Å². The fraction of sp³-hybridized carbons (Fsp3) is 0.333. The number of carbonyl (C=O) groups is 1. The molecule has 1 aromatic carbocycles. The van der Waals surface area contributed by atoms with E-state index in [9.17, 15) is 4.79 Å². The number of nitrogens with one attached hydrogen (secondary N) is 1. The van der Waals surface area contributed by atoms with E-state index in [2.05, 4.69) is 10.2 Å². The summed E-state index contributed by atoms with van der Waals surface area (Å²) in [6.07, 6.45) is 3.88. The van der Waals surface area contributed by atoms with Crippen LogP contribution < -0.4 is 19.7 Å². The Hall–Kier alpha value is -2.65. The Bertz CT molecular complexity index is 1090. The number of amides is 1. The molecule has 3 aromatic rings. The second-order valence-corrected chi connectivity index (χ2v) is 7.66. The lowest BCUT2D eigenvalue weighted by molar-refractivity contribution is 0.192. The number of aromatic nitrogens is 2. The molecule has 1 saturated heterocycles. The third kappa shape index (κ3) is 4.83. The predicted molar refractivity (Wildman–Crippen MR) is 125 cm³/mol. The van der Waals surface area contributed by atoms with Crippen molar-refractivity contribution in [1.29, 1.82) is 0 Å². The standard InChI is InChI=1S/C21H23ClN4O4.BrH/c1-29-18-9-19(30-2)16(22)8-15(18)17-12-26-6-4-14(7-20(26)24-17)25-5-3-13(11-25)10-23-21(27)28;/h4,6-9,12-13,23H,3,5,10-11H2,1-2H3,(H,27,28);1H. The minimum atomic E-state index is -0.978. The van der Waals surface area contributed by atoms with Gasteiger partial charge in [0.2, 0.25) is 0 Å². The molecule has 3 heterocycles. The van der Waals surface area contributed by atoms with Gasteiger partial charge in [0.15, 0.2) is 0 Å². The summed E-state index contributed by atoms with van der Waals surface area (Å²) < 4.78 is 12.7. The Balaban J connectivity index is 0.00000272. The number of carboxylic acid groups (broad SMARTS) is 1. The van der Waals surface area contributed by atoms with Crippen LogP contribution in [0.5, 0.6) is 11.5 Å². The topological polar surface area (TPSA) is 88.3 Å². The lowest BCUT2D eigenvalue weighted by Crippen LogP contribution is -2.29. The third-order valence-corrected chi connectivity index (χ3v) is 5.68. The van der Waals surface area contributed by atoms with Gasteiger partial charge in [-0.05, 0) is 24.5 Å². The second kappa shape index (κ2) is 9.65. The van der Waals surface area contributed by atoms with Crippen molar-refractivity contribution in [2.24, 2.45) is 5.92 Å². The van der Waals surface area contributed by atoms with Crippen molar-refractivity contribution in [3.8, 4) is 22.8 Å². The molecule has 1 atom stereocenters. The van der Waals surface area contributed by atoms with Crippen LogP contribution in [0.4, 0.5) is 10.5 Å². The first-order valence-electron chi connectivity index (χ1n) is 9.61. The van der Waals surface area contributed by atoms with Crippen molar-refractivity contribution in [2.75, 3.05) is 38.8 Å². The minimum Gasteiger partial charge on any atom is -0.496 e. The molecule has 0 bridgehead atoms. The molecule has 10 heteroatoms. The monoisotopic (exact) mass is 510 g/mol. The van der Waals surface area contributed by atoms with Crippen molar-refractivity contribution in [1.82, 2.24) is 14.7 Å². The van der Waals surface area contributed by atoms with Crippen LogP contribution in [0, 0.1) is 5.92 Å². The number of hydrogen-bond acceptors (Lipinski definition) is 5. The molecule has 1 aliphatic heterocycles. The molecule has 166 valence electrons. The van der Waals surface area contributed by atoms with E-state index < -0.39 is 6.09 Å². The van der Waals surface area contributed by atoms with Gasteiger partial charge < -0.3 is 29.2 Å². The molecule has 0 aliphatic carbocycles. The van der Waals surface area contributed by atoms with E-state index in [1.807, 2.05) is 28.9 Å². The molecular weight excluding hydrogens is 488 g/mol. The zero-order valence-corrected chi connectivity index (χ0v) is 19.6. The number of pyridine rings is 1. The Morgan fingerprint density at radius 3 is 2.77 bits per heavy atom. The summed E-state index contributed by atoms with van der Waals surface area (Å²) in [6.45, 7) is 2.17. The third-order valence-electron chi connectivity index (χ3n) is 5.39. The average Bonchev–Trinajstić information content (AvgIpc) is 3.38. The number of anilines is 1. The second-order valence-electron chi connectivity index (χ2n) is 7.25. The van der Waals surface area contributed by atoms with Crippen LogP contribution in [-0.4, -0.2) is 54.4 Å². The first-order chi connectivity index (χ1) is 14.5. The van der Waals surface area contributed by atoms with E-state index in [1.54, 1.807) is 26.4 Å². The summed E-state index contributed by atoms with van der Waals surface area (Å²) in [6, 6.07) is 7.63. The van der Waals surface area contributed by atoms with Crippen LogP contribution in [-0.2, 0) is 0 Å². The molecule has 4 rings (SSSR count). The predicted octanol–water partition coefficient (Wildman–Crippen LogP) is 4.34. The van der Waals surface area contributed by atoms with Crippen LogP contribution in [0.2, 0.25) is 5.02 Å². The van der Waals surface area contributed by atoms with Crippen molar-refractivity contribution < 1.29 is 19.4 Å². The lowest BCUT2D eigenvalue weighted by Gasteiger charge is -2.18. The van der Waals surface area contributed by atoms with Crippen molar-refractivity contribution in [2.45, 2.75) is 6.42 Å². The number of methoxy groups -OCH3 is 2. The quantitative estimate of drug-likeness (QED) is 0.512. The molecular formula is C21H24BrClN4O4. The van der Waals surface area contributed by atoms with Gasteiger partial charge in [-0.2, -0.15) is 0 Å². The number of ether oxygens (including phenoxy) is 2. The highest BCUT2D eigenvalue weighted by molar-refractivity contribution is 8.93. The van der Waals surface area contributed by atoms with Crippen molar-refractivity contribution in [3.63, 3.8) is 0 Å². The van der Waals surface area contributed by atoms with E-state index in [0.29, 0.717) is 29.0 Å². The van der Waals surface area contributed by atoms with E-state index in [1.165, 1.54) is 0 Å². The summed E-state index contributed by atoms with van der Waals surface area (Å²) in [5.41, 5.74) is 3.41. The van der Waals surface area contributed by atoms with Crippen molar-refractivity contribution >= 4 is 46.0 Å². The number of rotatable bonds is 6. The molecule has 0 radical (unpaired) electrons. The first-order valence-corrected chi connectivity index (χ1v) is 9.98. The molecule has 1 amide bonds. The summed E-state index contributed by atoms with van der Waals surface area (Å²) in [5, 5.41) is 11.8. The molecule has 1 aliphatic rings. The Morgan fingerprint density at radius 1 is 1.29 bits per heavy atom. The smallest absolute Gasteiger partial charge is 0.404 e. The molecule has 0 spiro atoms. The first kappa shape index (κ1) is 23.0.